The quantitative estimate of drug-likeness (QED) is 0.0350. The molecule has 28 heteroatoms. The lowest BCUT2D eigenvalue weighted by Gasteiger charge is -2.41. The van der Waals surface area contributed by atoms with Crippen LogP contribution in [0.25, 0.3) is 33.1 Å². The number of aliphatic carboxylic acids is 2. The number of carboxylic acid groups (broad SMARTS) is 2. The number of hydrogen-bond donors (Lipinski definition) is 3. The van der Waals surface area contributed by atoms with E-state index in [0.717, 1.165) is 88.5 Å². The van der Waals surface area contributed by atoms with Crippen LogP contribution < -0.4 is 5.32 Å². The number of ether oxygens (including phenoxy) is 3. The van der Waals surface area contributed by atoms with Crippen LogP contribution in [-0.2, 0) is 98.5 Å². The molecule has 3 N–H and O–H groups in total. The second-order valence-corrected chi connectivity index (χ2v) is 30.9. The molecular formula is C80H87F3N12O13. The summed E-state index contributed by atoms with van der Waals surface area (Å²) in [6.07, 6.45) is 6.40. The normalized spacial score (nSPS) is 17.9. The second kappa shape index (κ2) is 30.4. The van der Waals surface area contributed by atoms with Gasteiger partial charge in [-0.25, -0.2) is 37.7 Å². The molecular weight excluding hydrogens is 1390 g/mol. The zero-order valence-electron chi connectivity index (χ0n) is 62.3. The molecule has 9 aromatic rings. The van der Waals surface area contributed by atoms with Crippen molar-refractivity contribution >= 4 is 80.9 Å². The summed E-state index contributed by atoms with van der Waals surface area (Å²) in [5, 5.41) is 32.6. The third-order valence-corrected chi connectivity index (χ3v) is 19.9. The number of carbonyl (C=O) groups excluding carboxylic acids is 6. The lowest BCUT2D eigenvalue weighted by atomic mass is 9.73. The highest BCUT2D eigenvalue weighted by Crippen LogP contribution is 2.49. The summed E-state index contributed by atoms with van der Waals surface area (Å²) in [6, 6.07) is 27.5. The summed E-state index contributed by atoms with van der Waals surface area (Å²) in [4.78, 5) is 119. The number of carboxylic acids is 2. The number of esters is 2. The summed E-state index contributed by atoms with van der Waals surface area (Å²) >= 11 is 0. The molecule has 0 saturated carbocycles. The summed E-state index contributed by atoms with van der Waals surface area (Å²) in [7, 11) is 0. The van der Waals surface area contributed by atoms with E-state index < -0.39 is 75.5 Å². The van der Waals surface area contributed by atoms with Gasteiger partial charge in [0, 0.05) is 107 Å². The van der Waals surface area contributed by atoms with E-state index in [9.17, 15) is 56.6 Å². The number of benzene rings is 3. The van der Waals surface area contributed by atoms with Crippen molar-refractivity contribution in [1.29, 1.82) is 5.26 Å². The Morgan fingerprint density at radius 3 is 1.23 bits per heavy atom. The lowest BCUT2D eigenvalue weighted by molar-refractivity contribution is -0.156. The molecule has 2 fully saturated rings. The van der Waals surface area contributed by atoms with E-state index in [-0.39, 0.29) is 87.3 Å². The van der Waals surface area contributed by atoms with Crippen molar-refractivity contribution < 1.29 is 76.0 Å². The van der Waals surface area contributed by atoms with Gasteiger partial charge in [-0.1, -0.05) is 77.9 Å². The molecule has 2 saturated heterocycles. The predicted molar refractivity (Wildman–Crippen MR) is 391 cm³/mol. The van der Waals surface area contributed by atoms with Gasteiger partial charge >= 0.3 is 35.9 Å². The zero-order chi connectivity index (χ0) is 78.3. The number of halogens is 3. The molecule has 11 heterocycles. The maximum absolute atomic E-state index is 13.6. The molecule has 6 amide bonds. The number of nitrogens with zero attached hydrogens (tertiary/aromatic N) is 11. The number of carbonyl (C=O) groups is 8. The first kappa shape index (κ1) is 77.6. The van der Waals surface area contributed by atoms with Crippen LogP contribution in [0.3, 0.4) is 0 Å². The molecule has 6 aromatic heterocycles. The van der Waals surface area contributed by atoms with Crippen LogP contribution in [0.5, 0.6) is 0 Å². The monoisotopic (exact) mass is 1480 g/mol. The first-order valence-electron chi connectivity index (χ1n) is 35.4. The summed E-state index contributed by atoms with van der Waals surface area (Å²) in [5.41, 5.74) is 7.68. The first-order valence-corrected chi connectivity index (χ1v) is 35.4. The van der Waals surface area contributed by atoms with Crippen molar-refractivity contribution in [2.75, 3.05) is 19.7 Å². The molecule has 25 nitrogen and oxygen atoms in total. The highest BCUT2D eigenvalue weighted by atomic mass is 19.1. The van der Waals surface area contributed by atoms with Crippen LogP contribution in [-0.4, -0.2) is 155 Å². The Hall–Kier alpha value is -11.5. The Morgan fingerprint density at radius 2 is 0.880 bits per heavy atom. The van der Waals surface area contributed by atoms with Gasteiger partial charge in [-0.15, -0.1) is 0 Å². The number of nitriles is 1. The van der Waals surface area contributed by atoms with Gasteiger partial charge in [-0.05, 0) is 148 Å². The average Bonchev–Trinajstić information content (AvgIpc) is 1.55. The maximum atomic E-state index is 13.6. The SMILES string of the molecule is CC(C)(C)OC(=O)CCN1C(=O)C2N(Cc3c(c4cccnc4n3Cc3ccc(F)cc3)C2(C)C)C1=O.CC(C)(C)OC(=O)CCOC#N.CC1(C)c2c(n(Cc3ccc(F)cc3)c3ncccc23)CN2C(=O)N(CCC(=O)O)C(=O)C21.CC1(C)c2c(n(Cc3ccc(F)cc3)c3ncccc23)CNC1C(=O)O. The van der Waals surface area contributed by atoms with Gasteiger partial charge in [0.1, 0.15) is 70.3 Å². The molecule has 0 bridgehead atoms. The van der Waals surface area contributed by atoms with Crippen molar-refractivity contribution in [3.05, 3.63) is 196 Å². The van der Waals surface area contributed by atoms with E-state index in [1.807, 2.05) is 82.5 Å². The number of rotatable bonds is 16. The molecule has 566 valence electrons. The molecule has 14 rings (SSSR count). The second-order valence-electron chi connectivity index (χ2n) is 30.9. The Labute approximate surface area is 621 Å². The predicted octanol–water partition coefficient (Wildman–Crippen LogP) is 11.8. The Kier molecular flexibility index (Phi) is 21.9. The minimum Gasteiger partial charge on any atom is -0.481 e. The Bertz CT molecular complexity index is 5030. The van der Waals surface area contributed by atoms with Gasteiger partial charge in [0.2, 0.25) is 0 Å². The van der Waals surface area contributed by atoms with Gasteiger partial charge in [-0.2, -0.15) is 5.26 Å². The number of fused-ring (bicyclic) bond motifs is 11. The highest BCUT2D eigenvalue weighted by Gasteiger charge is 2.59. The van der Waals surface area contributed by atoms with E-state index in [0.29, 0.717) is 26.2 Å². The van der Waals surface area contributed by atoms with E-state index in [1.165, 1.54) is 52.5 Å². The molecule has 108 heavy (non-hydrogen) atoms. The largest absolute Gasteiger partial charge is 0.481 e. The molecule has 5 aliphatic heterocycles. The summed E-state index contributed by atoms with van der Waals surface area (Å²) in [5.74, 6) is -4.30. The number of amides is 6. The van der Waals surface area contributed by atoms with Crippen LogP contribution in [0.1, 0.15) is 153 Å². The van der Waals surface area contributed by atoms with Crippen molar-refractivity contribution in [3.8, 4) is 6.26 Å². The standard InChI is InChI=1S/C28H31FN4O4.C24H23FN4O4.C20H20FN3O2.C8H13NO3/c1-27(2,3)37-21(34)12-14-31-25(35)23-28(4,5)22-19-7-6-13-30-24(19)32(20(22)16-33(23)26(31)36)15-17-8-10-18(29)11-9-17;1-24(2)19-16-4-3-10-26-21(16)28(12-14-5-7-15(25)8-6-14)17(19)13-29-20(24)22(32)27(23(29)33)11-9-18(30)31;1-20(2)16-14-4-3-9-22-18(14)24(11-12-5-7-13(21)8-6-12)15(16)10-23-17(20)19(25)26;1-8(2,3)12-7(10)4-5-11-6-9/h6-11,13,23H,12,14-16H2,1-5H3;3-8,10,20H,9,11-13H2,1-2H3,(H,30,31);3-9,17,23H,10-11H2,1-2H3,(H,25,26);4-5H2,1-3H3. The minimum atomic E-state index is -1.06. The molecule has 5 aliphatic rings. The number of imide groups is 2. The molecule has 0 spiro atoms. The van der Waals surface area contributed by atoms with Gasteiger partial charge in [0.05, 0.1) is 32.4 Å². The van der Waals surface area contributed by atoms with E-state index >= 15 is 0 Å². The summed E-state index contributed by atoms with van der Waals surface area (Å²) in [6.45, 7) is 24.6. The van der Waals surface area contributed by atoms with Crippen LogP contribution in [0.15, 0.2) is 128 Å². The van der Waals surface area contributed by atoms with E-state index in [1.54, 1.807) is 101 Å². The van der Waals surface area contributed by atoms with Gasteiger partial charge in [-0.3, -0.25) is 43.9 Å². The van der Waals surface area contributed by atoms with Crippen molar-refractivity contribution in [1.82, 2.24) is 53.6 Å². The smallest absolute Gasteiger partial charge is 0.327 e. The molecule has 3 unspecified atom stereocenters. The fourth-order valence-corrected chi connectivity index (χ4v) is 15.5. The Balaban J connectivity index is 0.000000151. The van der Waals surface area contributed by atoms with Crippen LogP contribution in [0.4, 0.5) is 22.8 Å². The van der Waals surface area contributed by atoms with Crippen LogP contribution in [0.2, 0.25) is 0 Å². The lowest BCUT2D eigenvalue weighted by Crippen LogP contribution is -2.53. The third-order valence-electron chi connectivity index (χ3n) is 19.9. The molecule has 3 aromatic carbocycles. The molecule has 0 aliphatic carbocycles. The van der Waals surface area contributed by atoms with Gasteiger partial charge in [0.25, 0.3) is 18.1 Å². The summed E-state index contributed by atoms with van der Waals surface area (Å²) < 4.78 is 61.0. The zero-order valence-corrected chi connectivity index (χ0v) is 62.3. The third kappa shape index (κ3) is 15.7. The van der Waals surface area contributed by atoms with E-state index in [2.05, 4.69) is 34.1 Å². The van der Waals surface area contributed by atoms with E-state index in [4.69, 9.17) is 19.8 Å². The minimum absolute atomic E-state index is 0.0300. The number of urea groups is 2. The number of hydrogen-bond acceptors (Lipinski definition) is 16. The van der Waals surface area contributed by atoms with Crippen molar-refractivity contribution in [2.24, 2.45) is 0 Å². The van der Waals surface area contributed by atoms with Gasteiger partial charge in [0.15, 0.2) is 0 Å². The number of nitrogens with one attached hydrogen (secondary N) is 1. The van der Waals surface area contributed by atoms with Crippen LogP contribution >= 0.6 is 0 Å². The maximum Gasteiger partial charge on any atom is 0.327 e. The van der Waals surface area contributed by atoms with Crippen molar-refractivity contribution in [2.45, 2.75) is 187 Å². The van der Waals surface area contributed by atoms with Gasteiger partial charge < -0.3 is 47.9 Å². The average molecular weight is 1480 g/mol. The first-order chi connectivity index (χ1) is 50.9. The Morgan fingerprint density at radius 1 is 0.528 bits per heavy atom. The van der Waals surface area contributed by atoms with Crippen LogP contribution in [0, 0.1) is 29.0 Å². The highest BCUT2D eigenvalue weighted by molar-refractivity contribution is 6.07. The fourth-order valence-electron chi connectivity index (χ4n) is 15.5. The fraction of sp³-hybridized carbons (Fsp3) is 0.400. The topological polar surface area (TPSA) is 307 Å². The van der Waals surface area contributed by atoms with Crippen molar-refractivity contribution in [3.63, 3.8) is 0 Å². The number of pyridine rings is 3. The molecule has 3 atom stereocenters. The number of aromatic nitrogens is 6. The molecule has 0 radical (unpaired) electrons.